The third-order valence-electron chi connectivity index (χ3n) is 0.847. The topological polar surface area (TPSA) is 49.8 Å². The van der Waals surface area contributed by atoms with E-state index in [1.54, 1.807) is 6.07 Å². The van der Waals surface area contributed by atoms with Crippen LogP contribution in [-0.4, -0.2) is 12.2 Å². The SMILES string of the molecule is N#CCC(N)CC(F)(F)F. The van der Waals surface area contributed by atoms with Gasteiger partial charge >= 0.3 is 6.18 Å². The molecule has 0 aliphatic heterocycles. The van der Waals surface area contributed by atoms with E-state index in [1.807, 2.05) is 0 Å². The summed E-state index contributed by atoms with van der Waals surface area (Å²) in [7, 11) is 0. The third kappa shape index (κ3) is 5.38. The van der Waals surface area contributed by atoms with Gasteiger partial charge in [0, 0.05) is 6.04 Å². The van der Waals surface area contributed by atoms with Crippen LogP contribution >= 0.6 is 0 Å². The van der Waals surface area contributed by atoms with E-state index in [9.17, 15) is 13.2 Å². The number of rotatable bonds is 2. The summed E-state index contributed by atoms with van der Waals surface area (Å²) in [6.45, 7) is 0. The number of halogens is 3. The van der Waals surface area contributed by atoms with Crippen molar-refractivity contribution in [2.45, 2.75) is 25.1 Å². The zero-order valence-corrected chi connectivity index (χ0v) is 5.15. The minimum absolute atomic E-state index is 0.250. The molecule has 2 N–H and O–H groups in total. The van der Waals surface area contributed by atoms with Gasteiger partial charge in [-0.1, -0.05) is 0 Å². The molecule has 0 amide bonds. The molecule has 0 aromatic carbocycles. The smallest absolute Gasteiger partial charge is 0.326 e. The van der Waals surface area contributed by atoms with Gasteiger partial charge < -0.3 is 5.73 Å². The number of hydrogen-bond acceptors (Lipinski definition) is 2. The summed E-state index contributed by atoms with van der Waals surface area (Å²) < 4.78 is 34.3. The average Bonchev–Trinajstić information content (AvgIpc) is 1.59. The summed E-state index contributed by atoms with van der Waals surface area (Å²) in [6, 6.07) is 0.486. The molecule has 5 heteroatoms. The Hall–Kier alpha value is -0.760. The lowest BCUT2D eigenvalue weighted by Gasteiger charge is -2.09. The van der Waals surface area contributed by atoms with Gasteiger partial charge in [-0.15, -0.1) is 0 Å². The van der Waals surface area contributed by atoms with E-state index < -0.39 is 18.6 Å². The summed E-state index contributed by atoms with van der Waals surface area (Å²) in [5.41, 5.74) is 4.93. The van der Waals surface area contributed by atoms with Crippen molar-refractivity contribution in [3.63, 3.8) is 0 Å². The maximum Gasteiger partial charge on any atom is 0.390 e. The summed E-state index contributed by atoms with van der Waals surface area (Å²) in [6.07, 6.45) is -5.59. The van der Waals surface area contributed by atoms with E-state index in [1.165, 1.54) is 0 Å². The van der Waals surface area contributed by atoms with Crippen molar-refractivity contribution in [1.29, 1.82) is 5.26 Å². The maximum atomic E-state index is 11.4. The molecule has 0 heterocycles. The molecule has 1 atom stereocenters. The van der Waals surface area contributed by atoms with Crippen LogP contribution in [0.5, 0.6) is 0 Å². The predicted octanol–water partition coefficient (Wildman–Crippen LogP) is 1.18. The Labute approximate surface area is 56.4 Å². The van der Waals surface area contributed by atoms with Gasteiger partial charge in [0.1, 0.15) is 0 Å². The molecule has 58 valence electrons. The highest BCUT2D eigenvalue weighted by atomic mass is 19.4. The minimum Gasteiger partial charge on any atom is -0.326 e. The summed E-state index contributed by atoms with van der Waals surface area (Å²) in [5.74, 6) is 0. The average molecular weight is 152 g/mol. The Morgan fingerprint density at radius 2 is 2.00 bits per heavy atom. The summed E-state index contributed by atoms with van der Waals surface area (Å²) >= 11 is 0. The zero-order chi connectivity index (χ0) is 8.20. The number of hydrogen-bond donors (Lipinski definition) is 1. The third-order valence-corrected chi connectivity index (χ3v) is 0.847. The van der Waals surface area contributed by atoms with E-state index in [-0.39, 0.29) is 6.42 Å². The van der Waals surface area contributed by atoms with Crippen LogP contribution in [0, 0.1) is 11.3 Å². The van der Waals surface area contributed by atoms with Gasteiger partial charge in [0.15, 0.2) is 0 Å². The Bertz CT molecular complexity index is 135. The summed E-state index contributed by atoms with van der Waals surface area (Å²) in [5, 5.41) is 7.94. The Morgan fingerprint density at radius 1 is 1.50 bits per heavy atom. The van der Waals surface area contributed by atoms with E-state index in [4.69, 9.17) is 11.0 Å². The lowest BCUT2D eigenvalue weighted by molar-refractivity contribution is -0.137. The lowest BCUT2D eigenvalue weighted by atomic mass is 10.2. The van der Waals surface area contributed by atoms with Crippen LogP contribution in [0.4, 0.5) is 13.2 Å². The first-order valence-corrected chi connectivity index (χ1v) is 2.65. The van der Waals surface area contributed by atoms with Gasteiger partial charge in [0.05, 0.1) is 18.9 Å². The molecule has 0 bridgehead atoms. The lowest BCUT2D eigenvalue weighted by Crippen LogP contribution is -2.26. The van der Waals surface area contributed by atoms with Crippen LogP contribution in [-0.2, 0) is 0 Å². The van der Waals surface area contributed by atoms with Gasteiger partial charge in [-0.05, 0) is 0 Å². The van der Waals surface area contributed by atoms with Crippen LogP contribution in [0.1, 0.15) is 12.8 Å². The van der Waals surface area contributed by atoms with Crippen molar-refractivity contribution in [2.24, 2.45) is 5.73 Å². The molecule has 0 radical (unpaired) electrons. The molecule has 0 aromatic rings. The standard InChI is InChI=1S/C5H7F3N2/c6-5(7,8)3-4(10)1-2-9/h4H,1,3,10H2. The fourth-order valence-corrected chi connectivity index (χ4v) is 0.487. The van der Waals surface area contributed by atoms with Gasteiger partial charge in [0.2, 0.25) is 0 Å². The first kappa shape index (κ1) is 9.24. The predicted molar refractivity (Wildman–Crippen MR) is 28.9 cm³/mol. The normalized spacial score (nSPS) is 14.3. The second kappa shape index (κ2) is 3.42. The molecular formula is C5H7F3N2. The number of alkyl halides is 3. The highest BCUT2D eigenvalue weighted by Crippen LogP contribution is 2.21. The van der Waals surface area contributed by atoms with Crippen molar-refractivity contribution in [2.75, 3.05) is 0 Å². The monoisotopic (exact) mass is 152 g/mol. The summed E-state index contributed by atoms with van der Waals surface area (Å²) in [4.78, 5) is 0. The molecular weight excluding hydrogens is 145 g/mol. The van der Waals surface area contributed by atoms with Crippen LogP contribution in [0.25, 0.3) is 0 Å². The number of nitrogens with zero attached hydrogens (tertiary/aromatic N) is 1. The van der Waals surface area contributed by atoms with Gasteiger partial charge in [-0.2, -0.15) is 18.4 Å². The molecule has 0 rings (SSSR count). The molecule has 0 spiro atoms. The first-order chi connectivity index (χ1) is 4.45. The van der Waals surface area contributed by atoms with Crippen LogP contribution in [0.15, 0.2) is 0 Å². The Kier molecular flexibility index (Phi) is 3.16. The van der Waals surface area contributed by atoms with Crippen molar-refractivity contribution in [3.05, 3.63) is 0 Å². The Morgan fingerprint density at radius 3 is 2.30 bits per heavy atom. The van der Waals surface area contributed by atoms with E-state index >= 15 is 0 Å². The van der Waals surface area contributed by atoms with E-state index in [0.29, 0.717) is 0 Å². The maximum absolute atomic E-state index is 11.4. The van der Waals surface area contributed by atoms with Crippen molar-refractivity contribution >= 4 is 0 Å². The van der Waals surface area contributed by atoms with Crippen LogP contribution < -0.4 is 5.73 Å². The van der Waals surface area contributed by atoms with Crippen molar-refractivity contribution in [3.8, 4) is 6.07 Å². The molecule has 10 heavy (non-hydrogen) atoms. The quantitative estimate of drug-likeness (QED) is 0.645. The van der Waals surface area contributed by atoms with Crippen LogP contribution in [0.3, 0.4) is 0 Å². The van der Waals surface area contributed by atoms with Gasteiger partial charge in [-0.3, -0.25) is 0 Å². The fraction of sp³-hybridized carbons (Fsp3) is 0.800. The largest absolute Gasteiger partial charge is 0.390 e. The van der Waals surface area contributed by atoms with Gasteiger partial charge in [-0.25, -0.2) is 0 Å². The fourth-order valence-electron chi connectivity index (χ4n) is 0.487. The molecule has 2 nitrogen and oxygen atoms in total. The first-order valence-electron chi connectivity index (χ1n) is 2.65. The second-order valence-electron chi connectivity index (χ2n) is 1.94. The molecule has 0 aromatic heterocycles. The molecule has 1 unspecified atom stereocenters. The second-order valence-corrected chi connectivity index (χ2v) is 1.94. The van der Waals surface area contributed by atoms with Crippen molar-refractivity contribution in [1.82, 2.24) is 0 Å². The van der Waals surface area contributed by atoms with Crippen molar-refractivity contribution < 1.29 is 13.2 Å². The molecule has 0 aliphatic rings. The van der Waals surface area contributed by atoms with E-state index in [0.717, 1.165) is 0 Å². The number of nitrogens with two attached hydrogens (primary N) is 1. The highest BCUT2D eigenvalue weighted by Gasteiger charge is 2.29. The number of nitriles is 1. The minimum atomic E-state index is -4.25. The molecule has 0 saturated carbocycles. The molecule has 0 fully saturated rings. The van der Waals surface area contributed by atoms with Gasteiger partial charge in [0.25, 0.3) is 0 Å². The van der Waals surface area contributed by atoms with E-state index in [2.05, 4.69) is 0 Å². The highest BCUT2D eigenvalue weighted by molar-refractivity contribution is 4.79. The zero-order valence-electron chi connectivity index (χ0n) is 5.15. The van der Waals surface area contributed by atoms with Crippen LogP contribution in [0.2, 0.25) is 0 Å². The molecule has 0 saturated heterocycles. The Balaban J connectivity index is 3.60. The molecule has 0 aliphatic carbocycles.